The Balaban J connectivity index is 1.88. The van der Waals surface area contributed by atoms with Crippen molar-refractivity contribution in [1.82, 2.24) is 4.57 Å². The summed E-state index contributed by atoms with van der Waals surface area (Å²) in [6.45, 7) is 0.677. The zero-order chi connectivity index (χ0) is 19.2. The highest BCUT2D eigenvalue weighted by atomic mass is 32.1. The Labute approximate surface area is 159 Å². The largest absolute Gasteiger partial charge is 0.497 e. The smallest absolute Gasteiger partial charge is 0.286 e. The second kappa shape index (κ2) is 8.79. The minimum atomic E-state index is -0.519. The van der Waals surface area contributed by atoms with Crippen molar-refractivity contribution >= 4 is 27.5 Å². The Hall–Kier alpha value is -2.71. The van der Waals surface area contributed by atoms with Gasteiger partial charge in [-0.3, -0.25) is 4.79 Å². The van der Waals surface area contributed by atoms with Gasteiger partial charge in [-0.25, -0.2) is 4.39 Å². The number of fused-ring (bicyclic) bond motifs is 1. The Morgan fingerprint density at radius 1 is 1.22 bits per heavy atom. The summed E-state index contributed by atoms with van der Waals surface area (Å²) < 4.78 is 32.1. The number of hydrogen-bond acceptors (Lipinski definition) is 5. The number of halogens is 1. The van der Waals surface area contributed by atoms with Crippen molar-refractivity contribution < 1.29 is 23.4 Å². The number of hydrogen-bond donors (Lipinski definition) is 0. The average molecular weight is 390 g/mol. The van der Waals surface area contributed by atoms with Gasteiger partial charge in [-0.1, -0.05) is 23.5 Å². The van der Waals surface area contributed by atoms with Gasteiger partial charge in [0.25, 0.3) is 5.91 Å². The van der Waals surface area contributed by atoms with Gasteiger partial charge in [0, 0.05) is 13.7 Å². The molecule has 3 rings (SSSR count). The zero-order valence-electron chi connectivity index (χ0n) is 15.0. The number of nitrogens with zero attached hydrogens (tertiary/aromatic N) is 2. The molecule has 1 heterocycles. The molecule has 6 nitrogen and oxygen atoms in total. The number of thiazole rings is 1. The zero-order valence-corrected chi connectivity index (χ0v) is 15.8. The molecule has 0 radical (unpaired) electrons. The van der Waals surface area contributed by atoms with Crippen LogP contribution in [0.1, 0.15) is 0 Å². The highest BCUT2D eigenvalue weighted by molar-refractivity contribution is 7.16. The molecule has 0 fully saturated rings. The van der Waals surface area contributed by atoms with E-state index in [0.29, 0.717) is 18.0 Å². The van der Waals surface area contributed by atoms with E-state index in [1.807, 2.05) is 22.8 Å². The molecule has 27 heavy (non-hydrogen) atoms. The third kappa shape index (κ3) is 4.53. The first-order valence-corrected chi connectivity index (χ1v) is 9.05. The van der Waals surface area contributed by atoms with Crippen LogP contribution < -0.4 is 14.3 Å². The monoisotopic (exact) mass is 390 g/mol. The Bertz CT molecular complexity index is 1010. The molecule has 0 aliphatic rings. The predicted molar refractivity (Wildman–Crippen MR) is 101 cm³/mol. The van der Waals surface area contributed by atoms with E-state index in [0.717, 1.165) is 16.0 Å². The number of para-hydroxylation sites is 1. The molecule has 8 heteroatoms. The summed E-state index contributed by atoms with van der Waals surface area (Å²) in [4.78, 5) is 16.9. The summed E-state index contributed by atoms with van der Waals surface area (Å²) in [7, 11) is 3.21. The van der Waals surface area contributed by atoms with Crippen LogP contribution in [0.25, 0.3) is 10.2 Å². The van der Waals surface area contributed by atoms with Crippen LogP contribution >= 0.6 is 11.3 Å². The van der Waals surface area contributed by atoms with Crippen molar-refractivity contribution in [1.29, 1.82) is 0 Å². The third-order valence-electron chi connectivity index (χ3n) is 3.82. The third-order valence-corrected chi connectivity index (χ3v) is 4.86. The van der Waals surface area contributed by atoms with Crippen LogP contribution in [-0.2, 0) is 16.1 Å². The summed E-state index contributed by atoms with van der Waals surface area (Å²) in [6.07, 6.45) is 0. The minimum absolute atomic E-state index is 0.0226. The maximum atomic E-state index is 13.6. The second-order valence-electron chi connectivity index (χ2n) is 5.59. The van der Waals surface area contributed by atoms with Gasteiger partial charge in [0.05, 0.1) is 23.9 Å². The summed E-state index contributed by atoms with van der Waals surface area (Å²) in [5.74, 6) is -0.268. The summed E-state index contributed by atoms with van der Waals surface area (Å²) in [6, 6.07) is 11.6. The van der Waals surface area contributed by atoms with E-state index in [4.69, 9.17) is 14.2 Å². The van der Waals surface area contributed by atoms with Gasteiger partial charge in [-0.15, -0.1) is 0 Å². The van der Waals surface area contributed by atoms with Gasteiger partial charge in [0.15, 0.2) is 23.0 Å². The van der Waals surface area contributed by atoms with Crippen LogP contribution in [0.3, 0.4) is 0 Å². The molecule has 0 unspecified atom stereocenters. The molecule has 3 aromatic rings. The van der Waals surface area contributed by atoms with Gasteiger partial charge in [0.2, 0.25) is 0 Å². The Kier molecular flexibility index (Phi) is 6.20. The number of rotatable bonds is 7. The minimum Gasteiger partial charge on any atom is -0.497 e. The van der Waals surface area contributed by atoms with Crippen LogP contribution in [-0.4, -0.2) is 37.9 Å². The van der Waals surface area contributed by atoms with Crippen LogP contribution in [0.5, 0.6) is 11.5 Å². The number of ether oxygens (including phenoxy) is 3. The van der Waals surface area contributed by atoms with Crippen LogP contribution in [0.2, 0.25) is 0 Å². The molecular formula is C19H19FN2O4S. The summed E-state index contributed by atoms with van der Waals surface area (Å²) in [5, 5.41) is 0. The van der Waals surface area contributed by atoms with E-state index in [9.17, 15) is 9.18 Å². The average Bonchev–Trinajstić information content (AvgIpc) is 3.01. The Morgan fingerprint density at radius 3 is 2.78 bits per heavy atom. The lowest BCUT2D eigenvalue weighted by Crippen LogP contribution is -2.21. The van der Waals surface area contributed by atoms with Crippen molar-refractivity contribution in [2.75, 3.05) is 27.4 Å². The van der Waals surface area contributed by atoms with Gasteiger partial charge < -0.3 is 18.8 Å². The molecule has 0 N–H and O–H groups in total. The first kappa shape index (κ1) is 19.1. The highest BCUT2D eigenvalue weighted by Crippen LogP contribution is 2.23. The number of benzene rings is 2. The standard InChI is InChI=1S/C19H19FN2O4S/c1-24-10-9-22-15-8-7-13(25-2)11-17(15)27-19(22)21-18(23)12-26-16-6-4-3-5-14(16)20/h3-8,11H,9-10,12H2,1-2H3. The molecule has 1 aromatic heterocycles. The fourth-order valence-electron chi connectivity index (χ4n) is 2.50. The number of carbonyl (C=O) groups is 1. The van der Waals surface area contributed by atoms with Crippen LogP contribution in [0, 0.1) is 5.82 Å². The van der Waals surface area contributed by atoms with Crippen molar-refractivity contribution in [3.8, 4) is 11.5 Å². The molecule has 0 saturated heterocycles. The molecule has 0 saturated carbocycles. The summed E-state index contributed by atoms with van der Waals surface area (Å²) >= 11 is 1.37. The van der Waals surface area contributed by atoms with Crippen molar-refractivity contribution in [2.45, 2.75) is 6.54 Å². The topological polar surface area (TPSA) is 62.1 Å². The number of amides is 1. The number of carbonyl (C=O) groups excluding carboxylic acids is 1. The van der Waals surface area contributed by atoms with E-state index >= 15 is 0 Å². The molecule has 0 aliphatic heterocycles. The fraction of sp³-hybridized carbons (Fsp3) is 0.263. The van der Waals surface area contributed by atoms with E-state index < -0.39 is 11.7 Å². The maximum absolute atomic E-state index is 13.6. The molecule has 0 atom stereocenters. The van der Waals surface area contributed by atoms with E-state index in [2.05, 4.69) is 4.99 Å². The SMILES string of the molecule is COCCn1c(=NC(=O)COc2ccccc2F)sc2cc(OC)ccc21. The van der Waals surface area contributed by atoms with Crippen molar-refractivity contribution in [2.24, 2.45) is 4.99 Å². The lowest BCUT2D eigenvalue weighted by molar-refractivity contribution is -0.120. The maximum Gasteiger partial charge on any atom is 0.286 e. The fourth-order valence-corrected chi connectivity index (χ4v) is 3.61. The molecule has 1 amide bonds. The molecule has 2 aromatic carbocycles. The summed E-state index contributed by atoms with van der Waals surface area (Å²) in [5.41, 5.74) is 0.930. The normalized spacial score (nSPS) is 11.7. The first-order chi connectivity index (χ1) is 13.1. The van der Waals surface area contributed by atoms with Crippen molar-refractivity contribution in [3.05, 3.63) is 53.1 Å². The number of methoxy groups -OCH3 is 2. The first-order valence-electron chi connectivity index (χ1n) is 8.23. The van der Waals surface area contributed by atoms with Gasteiger partial charge in [0.1, 0.15) is 5.75 Å². The van der Waals surface area contributed by atoms with Gasteiger partial charge in [-0.2, -0.15) is 4.99 Å². The Morgan fingerprint density at radius 2 is 2.04 bits per heavy atom. The molecular weight excluding hydrogens is 371 g/mol. The van der Waals surface area contributed by atoms with Gasteiger partial charge in [-0.05, 0) is 30.3 Å². The van der Waals surface area contributed by atoms with Crippen LogP contribution in [0.15, 0.2) is 47.5 Å². The quantitative estimate of drug-likeness (QED) is 0.622. The lowest BCUT2D eigenvalue weighted by atomic mass is 10.3. The van der Waals surface area contributed by atoms with Crippen molar-refractivity contribution in [3.63, 3.8) is 0 Å². The van der Waals surface area contributed by atoms with Crippen LogP contribution in [0.4, 0.5) is 4.39 Å². The molecule has 0 spiro atoms. The molecule has 0 aliphatic carbocycles. The van der Waals surface area contributed by atoms with E-state index in [1.54, 1.807) is 26.4 Å². The van der Waals surface area contributed by atoms with E-state index in [1.165, 1.54) is 23.5 Å². The molecule has 142 valence electrons. The van der Waals surface area contributed by atoms with E-state index in [-0.39, 0.29) is 12.4 Å². The lowest BCUT2D eigenvalue weighted by Gasteiger charge is -2.05. The highest BCUT2D eigenvalue weighted by Gasteiger charge is 2.10. The number of aromatic nitrogens is 1. The van der Waals surface area contributed by atoms with Gasteiger partial charge >= 0.3 is 0 Å². The second-order valence-corrected chi connectivity index (χ2v) is 6.60. The molecule has 0 bridgehead atoms. The predicted octanol–water partition coefficient (Wildman–Crippen LogP) is 3.00.